The Hall–Kier alpha value is -0.725. The van der Waals surface area contributed by atoms with Crippen molar-refractivity contribution in [3.05, 3.63) is 12.2 Å². The molecule has 2 aliphatic rings. The first-order valence-corrected chi connectivity index (χ1v) is 5.18. The van der Waals surface area contributed by atoms with E-state index >= 15 is 0 Å². The molecule has 1 fully saturated rings. The van der Waals surface area contributed by atoms with Crippen LogP contribution in [0.1, 0.15) is 26.2 Å². The summed E-state index contributed by atoms with van der Waals surface area (Å²) < 4.78 is 0. The number of Topliss-reactive ketones (excluding diaryl/α,β-unsaturated/α-hetero) is 1. The molecule has 0 radical (unpaired) electrons. The van der Waals surface area contributed by atoms with Crippen LogP contribution in [0.25, 0.3) is 0 Å². The van der Waals surface area contributed by atoms with Crippen molar-refractivity contribution in [3.63, 3.8) is 0 Å². The molecule has 0 aromatic heterocycles. The second kappa shape index (κ2) is 3.56. The minimum absolute atomic E-state index is 0.346. The monoisotopic (exact) mass is 177 g/mol. The molecule has 2 atom stereocenters. The molecule has 0 bridgehead atoms. The van der Waals surface area contributed by atoms with Crippen molar-refractivity contribution in [1.82, 2.24) is 5.32 Å². The molecular formula is C10H16BNO. The van der Waals surface area contributed by atoms with Crippen molar-refractivity contribution in [3.8, 4) is 0 Å². The van der Waals surface area contributed by atoms with Crippen LogP contribution in [0.3, 0.4) is 0 Å². The molecule has 70 valence electrons. The van der Waals surface area contributed by atoms with Gasteiger partial charge in [0.1, 0.15) is 5.78 Å². The van der Waals surface area contributed by atoms with Crippen molar-refractivity contribution in [2.75, 3.05) is 0 Å². The Kier molecular flexibility index (Phi) is 2.43. The molecule has 2 aliphatic heterocycles. The third-order valence-electron chi connectivity index (χ3n) is 3.24. The normalized spacial score (nSPS) is 31.3. The van der Waals surface area contributed by atoms with Crippen LogP contribution in [0.2, 0.25) is 6.32 Å². The number of ketones is 1. The summed E-state index contributed by atoms with van der Waals surface area (Å²) in [6.45, 7) is 2.40. The molecule has 0 saturated carbocycles. The fourth-order valence-electron chi connectivity index (χ4n) is 2.61. The number of rotatable bonds is 2. The Balaban J connectivity index is 1.89. The van der Waals surface area contributed by atoms with E-state index in [0.29, 0.717) is 24.4 Å². The lowest BCUT2D eigenvalue weighted by atomic mass is 9.38. The molecule has 3 heteroatoms. The van der Waals surface area contributed by atoms with Crippen LogP contribution in [0, 0.1) is 5.92 Å². The van der Waals surface area contributed by atoms with Gasteiger partial charge in [-0.1, -0.05) is 12.3 Å². The standard InChI is InChI=1S/C10H16BNO/c1-8(13)6-9-2-3-10-11(7-9)4-5-12-10/h4-5,9-10,12H,2-3,6-7H2,1H3. The van der Waals surface area contributed by atoms with E-state index in [4.69, 9.17) is 0 Å². The summed E-state index contributed by atoms with van der Waals surface area (Å²) >= 11 is 0. The number of hydrogen-bond acceptors (Lipinski definition) is 2. The zero-order valence-corrected chi connectivity index (χ0v) is 8.12. The number of carbonyl (C=O) groups is 1. The fourth-order valence-corrected chi connectivity index (χ4v) is 2.61. The average molecular weight is 177 g/mol. The Bertz CT molecular complexity index is 239. The van der Waals surface area contributed by atoms with Crippen molar-refractivity contribution in [2.45, 2.75) is 38.4 Å². The first-order chi connectivity index (χ1) is 6.25. The van der Waals surface area contributed by atoms with E-state index in [1.54, 1.807) is 6.92 Å². The van der Waals surface area contributed by atoms with Gasteiger partial charge in [0.25, 0.3) is 0 Å². The van der Waals surface area contributed by atoms with E-state index in [0.717, 1.165) is 6.42 Å². The minimum Gasteiger partial charge on any atom is -0.396 e. The second-order valence-corrected chi connectivity index (χ2v) is 4.38. The van der Waals surface area contributed by atoms with Gasteiger partial charge in [-0.15, -0.1) is 0 Å². The van der Waals surface area contributed by atoms with Crippen LogP contribution in [0.4, 0.5) is 0 Å². The predicted octanol–water partition coefficient (Wildman–Crippen LogP) is 1.43. The average Bonchev–Trinajstić information content (AvgIpc) is 2.49. The highest BCUT2D eigenvalue weighted by Crippen LogP contribution is 2.29. The third kappa shape index (κ3) is 1.95. The lowest BCUT2D eigenvalue weighted by molar-refractivity contribution is -0.117. The molecule has 0 amide bonds. The molecule has 2 nitrogen and oxygen atoms in total. The van der Waals surface area contributed by atoms with Gasteiger partial charge >= 0.3 is 0 Å². The van der Waals surface area contributed by atoms with Gasteiger partial charge in [0.2, 0.25) is 0 Å². The van der Waals surface area contributed by atoms with Crippen LogP contribution in [0.15, 0.2) is 12.2 Å². The van der Waals surface area contributed by atoms with Crippen LogP contribution >= 0.6 is 0 Å². The quantitative estimate of drug-likeness (QED) is 0.646. The summed E-state index contributed by atoms with van der Waals surface area (Å²) in [6.07, 6.45) is 6.52. The van der Waals surface area contributed by atoms with Crippen LogP contribution in [-0.4, -0.2) is 18.4 Å². The Morgan fingerprint density at radius 3 is 3.23 bits per heavy atom. The van der Waals surface area contributed by atoms with E-state index in [9.17, 15) is 4.79 Å². The summed E-state index contributed by atoms with van der Waals surface area (Å²) in [7, 11) is 0. The molecular weight excluding hydrogens is 161 g/mol. The summed E-state index contributed by atoms with van der Waals surface area (Å²) in [6, 6.07) is 0. The molecule has 2 rings (SSSR count). The molecule has 1 saturated heterocycles. The maximum absolute atomic E-state index is 11.0. The number of fused-ring (bicyclic) bond motifs is 1. The van der Waals surface area contributed by atoms with Gasteiger partial charge in [-0.2, -0.15) is 0 Å². The fraction of sp³-hybridized carbons (Fsp3) is 0.700. The highest BCUT2D eigenvalue weighted by Gasteiger charge is 2.33. The summed E-state index contributed by atoms with van der Waals surface area (Å²) in [5.41, 5.74) is 0. The van der Waals surface area contributed by atoms with E-state index in [-0.39, 0.29) is 0 Å². The first-order valence-electron chi connectivity index (χ1n) is 5.18. The number of nitrogens with one attached hydrogen (secondary N) is 1. The van der Waals surface area contributed by atoms with Crippen LogP contribution < -0.4 is 5.32 Å². The van der Waals surface area contributed by atoms with Gasteiger partial charge in [-0.25, -0.2) is 0 Å². The van der Waals surface area contributed by atoms with Gasteiger partial charge in [0.05, 0.1) is 0 Å². The molecule has 0 aromatic rings. The largest absolute Gasteiger partial charge is 0.396 e. The Labute approximate surface area is 79.9 Å². The number of carbonyl (C=O) groups excluding carboxylic acids is 1. The van der Waals surface area contributed by atoms with Crippen molar-refractivity contribution >= 4 is 12.5 Å². The lowest BCUT2D eigenvalue weighted by Gasteiger charge is -2.29. The highest BCUT2D eigenvalue weighted by atomic mass is 16.1. The molecule has 13 heavy (non-hydrogen) atoms. The van der Waals surface area contributed by atoms with E-state index in [2.05, 4.69) is 17.5 Å². The van der Waals surface area contributed by atoms with Gasteiger partial charge in [-0.05, 0) is 31.9 Å². The van der Waals surface area contributed by atoms with Gasteiger partial charge in [0, 0.05) is 12.4 Å². The van der Waals surface area contributed by atoms with E-state index < -0.39 is 0 Å². The predicted molar refractivity (Wildman–Crippen MR) is 54.6 cm³/mol. The zero-order valence-electron chi connectivity index (χ0n) is 8.12. The zero-order chi connectivity index (χ0) is 9.26. The van der Waals surface area contributed by atoms with Crippen molar-refractivity contribution < 1.29 is 4.79 Å². The van der Waals surface area contributed by atoms with Crippen LogP contribution in [0.5, 0.6) is 0 Å². The van der Waals surface area contributed by atoms with Gasteiger partial charge in [-0.3, -0.25) is 0 Å². The van der Waals surface area contributed by atoms with Crippen molar-refractivity contribution in [1.29, 1.82) is 0 Å². The van der Waals surface area contributed by atoms with E-state index in [1.165, 1.54) is 19.2 Å². The Morgan fingerprint density at radius 1 is 1.62 bits per heavy atom. The van der Waals surface area contributed by atoms with Crippen LogP contribution in [-0.2, 0) is 4.79 Å². The summed E-state index contributed by atoms with van der Waals surface area (Å²) in [5, 5.41) is 3.37. The van der Waals surface area contributed by atoms with Crippen molar-refractivity contribution in [2.24, 2.45) is 5.92 Å². The minimum atomic E-state index is 0.346. The maximum atomic E-state index is 11.0. The number of hydrogen-bond donors (Lipinski definition) is 1. The van der Waals surface area contributed by atoms with Gasteiger partial charge < -0.3 is 10.1 Å². The summed E-state index contributed by atoms with van der Waals surface area (Å²) in [5.74, 6) is 3.92. The molecule has 0 spiro atoms. The molecule has 2 unspecified atom stereocenters. The lowest BCUT2D eigenvalue weighted by Crippen LogP contribution is -2.40. The van der Waals surface area contributed by atoms with E-state index in [1.807, 2.05) is 0 Å². The third-order valence-corrected chi connectivity index (χ3v) is 3.24. The molecule has 0 aliphatic carbocycles. The maximum Gasteiger partial charge on any atom is 0.194 e. The molecule has 2 heterocycles. The first kappa shape index (κ1) is 8.85. The Morgan fingerprint density at radius 2 is 2.46 bits per heavy atom. The molecule has 0 aromatic carbocycles. The smallest absolute Gasteiger partial charge is 0.194 e. The topological polar surface area (TPSA) is 29.1 Å². The summed E-state index contributed by atoms with van der Waals surface area (Å²) in [4.78, 5) is 11.0. The molecule has 1 N–H and O–H groups in total. The highest BCUT2D eigenvalue weighted by molar-refractivity contribution is 6.67. The SMILES string of the molecule is CC(=O)CC1CCC2NC=CB2C1. The van der Waals surface area contributed by atoms with Gasteiger partial charge in [0.15, 0.2) is 6.71 Å². The second-order valence-electron chi connectivity index (χ2n) is 4.38.